The van der Waals surface area contributed by atoms with Crippen LogP contribution in [0.2, 0.25) is 0 Å². The number of nitrogens with zero attached hydrogens (tertiary/aromatic N) is 2. The minimum Gasteiger partial charge on any atom is -0.402 e. The van der Waals surface area contributed by atoms with Crippen molar-refractivity contribution in [3.8, 4) is 0 Å². The summed E-state index contributed by atoms with van der Waals surface area (Å²) in [4.78, 5) is 19.6. The SMILES string of the molecule is C=C(F)c1ccc(C(O)c2ccc(C(=C)N=C(/C=C(\C)N)C(N)=O)cc2)nc1. The van der Waals surface area contributed by atoms with Gasteiger partial charge in [-0.25, -0.2) is 9.38 Å². The Morgan fingerprint density at radius 2 is 1.79 bits per heavy atom. The summed E-state index contributed by atoms with van der Waals surface area (Å²) >= 11 is 0. The lowest BCUT2D eigenvalue weighted by Crippen LogP contribution is -2.22. The first kappa shape index (κ1) is 20.7. The molecule has 0 bridgehead atoms. The Hall–Kier alpha value is -3.58. The van der Waals surface area contributed by atoms with Crippen molar-refractivity contribution in [3.63, 3.8) is 0 Å². The number of carbonyl (C=O) groups is 1. The monoisotopic (exact) mass is 380 g/mol. The molecule has 0 fully saturated rings. The highest BCUT2D eigenvalue weighted by molar-refractivity contribution is 6.43. The molecule has 1 aromatic heterocycles. The van der Waals surface area contributed by atoms with Crippen molar-refractivity contribution in [1.29, 1.82) is 0 Å². The smallest absolute Gasteiger partial charge is 0.267 e. The van der Waals surface area contributed by atoms with Crippen molar-refractivity contribution < 1.29 is 14.3 Å². The number of benzene rings is 1. The van der Waals surface area contributed by atoms with Crippen molar-refractivity contribution in [2.24, 2.45) is 16.5 Å². The predicted molar refractivity (Wildman–Crippen MR) is 108 cm³/mol. The molecule has 1 unspecified atom stereocenters. The van der Waals surface area contributed by atoms with E-state index in [2.05, 4.69) is 23.1 Å². The molecule has 0 saturated carbocycles. The fourth-order valence-electron chi connectivity index (χ4n) is 2.34. The highest BCUT2D eigenvalue weighted by Gasteiger charge is 2.13. The Morgan fingerprint density at radius 1 is 1.18 bits per heavy atom. The fourth-order valence-corrected chi connectivity index (χ4v) is 2.34. The van der Waals surface area contributed by atoms with Gasteiger partial charge >= 0.3 is 0 Å². The molecule has 0 spiro atoms. The number of hydrogen-bond donors (Lipinski definition) is 3. The maximum atomic E-state index is 13.1. The molecule has 6 nitrogen and oxygen atoms in total. The third-order valence-electron chi connectivity index (χ3n) is 3.81. The summed E-state index contributed by atoms with van der Waals surface area (Å²) in [6.07, 6.45) is 1.69. The zero-order valence-electron chi connectivity index (χ0n) is 15.4. The second-order valence-electron chi connectivity index (χ2n) is 6.10. The molecule has 0 radical (unpaired) electrons. The van der Waals surface area contributed by atoms with E-state index in [0.29, 0.717) is 28.2 Å². The molecule has 0 saturated heterocycles. The summed E-state index contributed by atoms with van der Waals surface area (Å²) in [5.74, 6) is -1.31. The van der Waals surface area contributed by atoms with Gasteiger partial charge in [-0.15, -0.1) is 0 Å². The number of aromatic nitrogens is 1. The maximum absolute atomic E-state index is 13.1. The average molecular weight is 380 g/mol. The minimum absolute atomic E-state index is 0.00662. The average Bonchev–Trinajstić information content (AvgIpc) is 2.66. The Morgan fingerprint density at radius 3 is 2.25 bits per heavy atom. The number of hydrogen-bond acceptors (Lipinski definition) is 5. The van der Waals surface area contributed by atoms with E-state index in [-0.39, 0.29) is 11.3 Å². The lowest BCUT2D eigenvalue weighted by molar-refractivity contribution is -0.111. The molecule has 144 valence electrons. The number of amides is 1. The van der Waals surface area contributed by atoms with Gasteiger partial charge in [0.25, 0.3) is 5.91 Å². The number of halogens is 1. The van der Waals surface area contributed by atoms with Crippen molar-refractivity contribution in [2.45, 2.75) is 13.0 Å². The zero-order valence-corrected chi connectivity index (χ0v) is 15.4. The number of aliphatic hydroxyl groups excluding tert-OH is 1. The molecule has 1 heterocycles. The van der Waals surface area contributed by atoms with E-state index in [4.69, 9.17) is 11.5 Å². The summed E-state index contributed by atoms with van der Waals surface area (Å²) in [6, 6.07) is 9.77. The first-order chi connectivity index (χ1) is 13.2. The highest BCUT2D eigenvalue weighted by atomic mass is 19.1. The number of aliphatic imine (C=N–C) groups is 1. The van der Waals surface area contributed by atoms with Crippen molar-refractivity contribution >= 4 is 23.1 Å². The molecule has 1 amide bonds. The number of pyridine rings is 1. The summed E-state index contributed by atoms with van der Waals surface area (Å²) in [7, 11) is 0. The molecule has 2 rings (SSSR count). The van der Waals surface area contributed by atoms with Crippen molar-refractivity contribution in [1.82, 2.24) is 4.98 Å². The van der Waals surface area contributed by atoms with Crippen LogP contribution in [0.25, 0.3) is 11.5 Å². The molecule has 5 N–H and O–H groups in total. The van der Waals surface area contributed by atoms with Gasteiger partial charge in [0.15, 0.2) is 0 Å². The molecule has 0 aliphatic heterocycles. The van der Waals surface area contributed by atoms with Crippen LogP contribution >= 0.6 is 0 Å². The van der Waals surface area contributed by atoms with Crippen LogP contribution in [0, 0.1) is 0 Å². The zero-order chi connectivity index (χ0) is 20.8. The third kappa shape index (κ3) is 5.21. The number of aliphatic hydroxyl groups is 1. The Labute approximate surface area is 162 Å². The lowest BCUT2D eigenvalue weighted by atomic mass is 10.0. The molecule has 1 aromatic carbocycles. The number of rotatable bonds is 7. The van der Waals surface area contributed by atoms with Gasteiger partial charge in [0.2, 0.25) is 0 Å². The van der Waals surface area contributed by atoms with E-state index in [1.807, 2.05) is 0 Å². The summed E-state index contributed by atoms with van der Waals surface area (Å²) < 4.78 is 13.1. The van der Waals surface area contributed by atoms with Crippen molar-refractivity contribution in [2.75, 3.05) is 0 Å². The quantitative estimate of drug-likeness (QED) is 0.641. The van der Waals surface area contributed by atoms with Gasteiger partial charge in [-0.1, -0.05) is 37.4 Å². The number of primary amides is 1. The summed E-state index contributed by atoms with van der Waals surface area (Å²) in [5, 5.41) is 10.5. The third-order valence-corrected chi connectivity index (χ3v) is 3.81. The van der Waals surface area contributed by atoms with Gasteiger partial charge in [-0.3, -0.25) is 9.78 Å². The van der Waals surface area contributed by atoms with E-state index < -0.39 is 17.8 Å². The standard InChI is InChI=1S/C21H21FN4O2/c1-12(23)10-19(21(24)28)26-14(3)15-4-6-16(7-5-15)20(27)18-9-8-17(11-25-18)13(2)22/h4-11,20,27H,2-3,23H2,1H3,(H2,24,28)/b12-10+,26-19?. The maximum Gasteiger partial charge on any atom is 0.267 e. The Bertz CT molecular complexity index is 957. The summed E-state index contributed by atoms with van der Waals surface area (Å²) in [6.45, 7) is 8.65. The van der Waals surface area contributed by atoms with Gasteiger partial charge in [0.1, 0.15) is 17.6 Å². The first-order valence-corrected chi connectivity index (χ1v) is 8.29. The van der Waals surface area contributed by atoms with Crippen LogP contribution in [0.1, 0.15) is 35.4 Å². The Balaban J connectivity index is 2.22. The van der Waals surface area contributed by atoms with E-state index in [1.165, 1.54) is 24.4 Å². The van der Waals surface area contributed by atoms with Crippen LogP contribution in [0.5, 0.6) is 0 Å². The van der Waals surface area contributed by atoms with E-state index in [0.717, 1.165) is 0 Å². The van der Waals surface area contributed by atoms with Gasteiger partial charge in [-0.05, 0) is 36.3 Å². The van der Waals surface area contributed by atoms with Crippen LogP contribution in [0.15, 0.2) is 72.5 Å². The minimum atomic E-state index is -0.989. The molecular weight excluding hydrogens is 359 g/mol. The molecule has 1 atom stereocenters. The van der Waals surface area contributed by atoms with Gasteiger partial charge in [0, 0.05) is 17.5 Å². The molecular formula is C21H21FN4O2. The van der Waals surface area contributed by atoms with Crippen molar-refractivity contribution in [3.05, 3.63) is 89.9 Å². The number of nitrogens with two attached hydrogens (primary N) is 2. The van der Waals surface area contributed by atoms with Gasteiger partial charge in [0.05, 0.1) is 11.4 Å². The second-order valence-corrected chi connectivity index (χ2v) is 6.10. The molecule has 2 aromatic rings. The Kier molecular flexibility index (Phi) is 6.57. The molecule has 0 aliphatic carbocycles. The molecule has 7 heteroatoms. The molecule has 28 heavy (non-hydrogen) atoms. The van der Waals surface area contributed by atoms with Crippen LogP contribution < -0.4 is 11.5 Å². The van der Waals surface area contributed by atoms with E-state index >= 15 is 0 Å². The molecule has 0 aliphatic rings. The topological polar surface area (TPSA) is 115 Å². The van der Waals surface area contributed by atoms with Crippen LogP contribution in [-0.4, -0.2) is 21.7 Å². The van der Waals surface area contributed by atoms with E-state index in [9.17, 15) is 14.3 Å². The van der Waals surface area contributed by atoms with Gasteiger partial charge < -0.3 is 16.6 Å². The second kappa shape index (κ2) is 8.88. The first-order valence-electron chi connectivity index (χ1n) is 8.29. The lowest BCUT2D eigenvalue weighted by Gasteiger charge is -2.12. The van der Waals surface area contributed by atoms with Crippen LogP contribution in [0.3, 0.4) is 0 Å². The van der Waals surface area contributed by atoms with Crippen LogP contribution in [0.4, 0.5) is 4.39 Å². The van der Waals surface area contributed by atoms with Gasteiger partial charge in [-0.2, -0.15) is 0 Å². The fraction of sp³-hybridized carbons (Fsp3) is 0.0952. The number of allylic oxidation sites excluding steroid dienone is 1. The predicted octanol–water partition coefficient (Wildman–Crippen LogP) is 2.86. The number of carbonyl (C=O) groups excluding carboxylic acids is 1. The van der Waals surface area contributed by atoms with Crippen LogP contribution in [-0.2, 0) is 4.79 Å². The normalized spacial score (nSPS) is 13.1. The largest absolute Gasteiger partial charge is 0.402 e. The van der Waals surface area contributed by atoms with E-state index in [1.54, 1.807) is 31.2 Å². The summed E-state index contributed by atoms with van der Waals surface area (Å²) in [5.41, 5.74) is 13.4. The highest BCUT2D eigenvalue weighted by Crippen LogP contribution is 2.24.